The average molecular weight is 328 g/mol. The number of rotatable bonds is 6. The van der Waals surface area contributed by atoms with E-state index in [9.17, 15) is 4.79 Å². The lowest BCUT2D eigenvalue weighted by atomic mass is 9.80. The summed E-state index contributed by atoms with van der Waals surface area (Å²) >= 11 is 2.05. The van der Waals surface area contributed by atoms with Gasteiger partial charge in [0, 0.05) is 36.7 Å². The number of hydrogen-bond donors (Lipinski definition) is 2. The molecule has 22 heavy (non-hydrogen) atoms. The molecule has 4 nitrogen and oxygen atoms in total. The maximum absolute atomic E-state index is 12.3. The minimum absolute atomic E-state index is 0.0324. The molecule has 0 aromatic carbocycles. The molecule has 1 atom stereocenters. The Morgan fingerprint density at radius 3 is 2.45 bits per heavy atom. The van der Waals surface area contributed by atoms with Gasteiger partial charge in [-0.25, -0.2) is 0 Å². The first-order valence-corrected chi connectivity index (χ1v) is 10.0. The van der Waals surface area contributed by atoms with Crippen LogP contribution in [-0.2, 0) is 4.79 Å². The van der Waals surface area contributed by atoms with Crippen LogP contribution in [-0.4, -0.2) is 53.5 Å². The minimum atomic E-state index is -0.363. The van der Waals surface area contributed by atoms with Crippen molar-refractivity contribution >= 4 is 17.7 Å². The van der Waals surface area contributed by atoms with Crippen molar-refractivity contribution in [1.82, 2.24) is 10.2 Å². The van der Waals surface area contributed by atoms with E-state index in [2.05, 4.69) is 24.1 Å². The summed E-state index contributed by atoms with van der Waals surface area (Å²) in [4.78, 5) is 14.9. The molecular weight excluding hydrogens is 294 g/mol. The molecule has 2 rings (SSSR count). The number of nitrogens with two attached hydrogens (primary N) is 1. The molecule has 2 fully saturated rings. The largest absolute Gasteiger partial charge is 0.353 e. The standard InChI is InChI=1S/C17H33N3OS/c1-14(2)12-15(18)16(21)19-13-17(6-4-3-5-7-17)20-8-10-22-11-9-20/h14-15H,3-13,18H2,1-2H3,(H,19,21)/t15-/m0/s1. The first kappa shape index (κ1) is 18.1. The predicted molar refractivity (Wildman–Crippen MR) is 95.2 cm³/mol. The van der Waals surface area contributed by atoms with Gasteiger partial charge in [-0.05, 0) is 25.2 Å². The van der Waals surface area contributed by atoms with Gasteiger partial charge in [0.25, 0.3) is 0 Å². The van der Waals surface area contributed by atoms with Crippen LogP contribution in [0.25, 0.3) is 0 Å². The van der Waals surface area contributed by atoms with Crippen molar-refractivity contribution in [2.75, 3.05) is 31.1 Å². The van der Waals surface area contributed by atoms with E-state index in [1.807, 2.05) is 11.8 Å². The smallest absolute Gasteiger partial charge is 0.236 e. The molecule has 1 aliphatic heterocycles. The summed E-state index contributed by atoms with van der Waals surface area (Å²) in [6.45, 7) is 7.34. The fraction of sp³-hybridized carbons (Fsp3) is 0.941. The van der Waals surface area contributed by atoms with E-state index in [1.165, 1.54) is 56.7 Å². The SMILES string of the molecule is CC(C)C[C@H](N)C(=O)NCC1(N2CCSCC2)CCCCC1. The van der Waals surface area contributed by atoms with Crippen molar-refractivity contribution in [3.05, 3.63) is 0 Å². The van der Waals surface area contributed by atoms with E-state index in [0.717, 1.165) is 13.0 Å². The van der Waals surface area contributed by atoms with Crippen LogP contribution in [0.4, 0.5) is 0 Å². The number of thioether (sulfide) groups is 1. The Kier molecular flexibility index (Phi) is 7.03. The van der Waals surface area contributed by atoms with Crippen LogP contribution in [0, 0.1) is 5.92 Å². The highest BCUT2D eigenvalue weighted by Crippen LogP contribution is 2.34. The lowest BCUT2D eigenvalue weighted by molar-refractivity contribution is -0.123. The minimum Gasteiger partial charge on any atom is -0.353 e. The van der Waals surface area contributed by atoms with Gasteiger partial charge in [0.05, 0.1) is 6.04 Å². The summed E-state index contributed by atoms with van der Waals surface area (Å²) in [5.41, 5.74) is 6.21. The average Bonchev–Trinajstić information content (AvgIpc) is 2.53. The second-order valence-electron chi connectivity index (χ2n) is 7.34. The van der Waals surface area contributed by atoms with Crippen LogP contribution in [0.1, 0.15) is 52.4 Å². The van der Waals surface area contributed by atoms with Crippen molar-refractivity contribution < 1.29 is 4.79 Å². The van der Waals surface area contributed by atoms with Crippen LogP contribution in [0.3, 0.4) is 0 Å². The van der Waals surface area contributed by atoms with Crippen molar-refractivity contribution in [3.8, 4) is 0 Å². The van der Waals surface area contributed by atoms with Crippen molar-refractivity contribution in [2.45, 2.75) is 64.0 Å². The normalized spacial score (nSPS) is 24.2. The Bertz CT molecular complexity index is 350. The summed E-state index contributed by atoms with van der Waals surface area (Å²) in [7, 11) is 0. The number of nitrogens with one attached hydrogen (secondary N) is 1. The number of nitrogens with zero attached hydrogens (tertiary/aromatic N) is 1. The summed E-state index contributed by atoms with van der Waals surface area (Å²) in [6.07, 6.45) is 7.12. The molecule has 1 amide bonds. The highest BCUT2D eigenvalue weighted by atomic mass is 32.2. The van der Waals surface area contributed by atoms with E-state index >= 15 is 0 Å². The van der Waals surface area contributed by atoms with Gasteiger partial charge in [0.1, 0.15) is 0 Å². The van der Waals surface area contributed by atoms with E-state index < -0.39 is 0 Å². The molecule has 0 bridgehead atoms. The molecule has 0 radical (unpaired) electrons. The molecule has 2 aliphatic rings. The molecule has 1 aliphatic carbocycles. The van der Waals surface area contributed by atoms with Crippen LogP contribution < -0.4 is 11.1 Å². The number of hydrogen-bond acceptors (Lipinski definition) is 4. The van der Waals surface area contributed by atoms with Gasteiger partial charge in [-0.1, -0.05) is 33.1 Å². The lowest BCUT2D eigenvalue weighted by Gasteiger charge is -2.48. The van der Waals surface area contributed by atoms with Crippen molar-refractivity contribution in [2.24, 2.45) is 11.7 Å². The maximum atomic E-state index is 12.3. The van der Waals surface area contributed by atoms with E-state index in [-0.39, 0.29) is 17.5 Å². The third kappa shape index (κ3) is 4.87. The fourth-order valence-corrected chi connectivity index (χ4v) is 4.75. The fourth-order valence-electron chi connectivity index (χ4n) is 3.85. The van der Waals surface area contributed by atoms with Crippen LogP contribution in [0.2, 0.25) is 0 Å². The van der Waals surface area contributed by atoms with Crippen molar-refractivity contribution in [1.29, 1.82) is 0 Å². The van der Waals surface area contributed by atoms with Gasteiger partial charge in [0.2, 0.25) is 5.91 Å². The monoisotopic (exact) mass is 327 g/mol. The molecule has 1 saturated carbocycles. The van der Waals surface area contributed by atoms with E-state index in [1.54, 1.807) is 0 Å². The van der Waals surface area contributed by atoms with Crippen LogP contribution >= 0.6 is 11.8 Å². The maximum Gasteiger partial charge on any atom is 0.236 e. The third-order valence-corrected chi connectivity index (χ3v) is 6.06. The third-order valence-electron chi connectivity index (χ3n) is 5.12. The van der Waals surface area contributed by atoms with Crippen molar-refractivity contribution in [3.63, 3.8) is 0 Å². The summed E-state index contributed by atoms with van der Waals surface area (Å²) in [6, 6.07) is -0.363. The molecule has 3 N–H and O–H groups in total. The molecule has 128 valence electrons. The van der Waals surface area contributed by atoms with Crippen LogP contribution in [0.15, 0.2) is 0 Å². The zero-order chi connectivity index (χ0) is 16.0. The van der Waals surface area contributed by atoms with Gasteiger partial charge >= 0.3 is 0 Å². The van der Waals surface area contributed by atoms with Gasteiger partial charge in [0.15, 0.2) is 0 Å². The number of carbonyl (C=O) groups excluding carboxylic acids is 1. The summed E-state index contributed by atoms with van der Waals surface area (Å²) in [5.74, 6) is 2.94. The highest BCUT2D eigenvalue weighted by molar-refractivity contribution is 7.99. The second kappa shape index (κ2) is 8.55. The molecule has 1 heterocycles. The molecular formula is C17H33N3OS. The van der Waals surface area contributed by atoms with Gasteiger partial charge in [-0.15, -0.1) is 0 Å². The lowest BCUT2D eigenvalue weighted by Crippen LogP contribution is -2.60. The summed E-state index contributed by atoms with van der Waals surface area (Å²) < 4.78 is 0. The topological polar surface area (TPSA) is 58.4 Å². The van der Waals surface area contributed by atoms with E-state index in [0.29, 0.717) is 5.92 Å². The molecule has 1 saturated heterocycles. The zero-order valence-electron chi connectivity index (χ0n) is 14.3. The predicted octanol–water partition coefficient (Wildman–Crippen LogP) is 2.23. The second-order valence-corrected chi connectivity index (χ2v) is 8.56. The number of amides is 1. The summed E-state index contributed by atoms with van der Waals surface area (Å²) in [5, 5.41) is 3.18. The first-order chi connectivity index (χ1) is 10.5. The Morgan fingerprint density at radius 2 is 1.86 bits per heavy atom. The van der Waals surface area contributed by atoms with Crippen LogP contribution in [0.5, 0.6) is 0 Å². The van der Waals surface area contributed by atoms with Gasteiger partial charge in [-0.2, -0.15) is 11.8 Å². The Morgan fingerprint density at radius 1 is 1.23 bits per heavy atom. The molecule has 0 unspecified atom stereocenters. The van der Waals surface area contributed by atoms with Gasteiger partial charge in [-0.3, -0.25) is 9.69 Å². The Labute approximate surface area is 140 Å². The Hall–Kier alpha value is -0.260. The van der Waals surface area contributed by atoms with E-state index in [4.69, 9.17) is 5.73 Å². The molecule has 5 heteroatoms. The molecule has 0 aromatic rings. The Balaban J connectivity index is 1.93. The zero-order valence-corrected chi connectivity index (χ0v) is 15.1. The van der Waals surface area contributed by atoms with Gasteiger partial charge < -0.3 is 11.1 Å². The quantitative estimate of drug-likeness (QED) is 0.785. The number of carbonyl (C=O) groups is 1. The molecule has 0 aromatic heterocycles. The highest BCUT2D eigenvalue weighted by Gasteiger charge is 2.38. The molecule has 0 spiro atoms. The first-order valence-electron chi connectivity index (χ1n) is 8.89.